The fourth-order valence-corrected chi connectivity index (χ4v) is 2.24. The van der Waals surface area contributed by atoms with Crippen LogP contribution >= 0.6 is 0 Å². The van der Waals surface area contributed by atoms with Gasteiger partial charge in [0, 0.05) is 32.3 Å². The largest absolute Gasteiger partial charge is 0.380 e. The molecule has 4 heteroatoms. The Labute approximate surface area is 105 Å². The summed E-state index contributed by atoms with van der Waals surface area (Å²) in [6.07, 6.45) is 2.53. The monoisotopic (exact) mass is 244 g/mol. The smallest absolute Gasteiger partial charge is 0.0667 e. The van der Waals surface area contributed by atoms with Crippen molar-refractivity contribution in [3.63, 3.8) is 0 Å². The molecule has 0 aromatic rings. The number of nitrogens with one attached hydrogen (secondary N) is 1. The molecule has 3 unspecified atom stereocenters. The zero-order valence-corrected chi connectivity index (χ0v) is 11.7. The fourth-order valence-electron chi connectivity index (χ4n) is 2.24. The molecule has 0 bridgehead atoms. The maximum atomic E-state index is 5.97. The number of rotatable bonds is 6. The van der Waals surface area contributed by atoms with Crippen LogP contribution in [0.5, 0.6) is 0 Å². The van der Waals surface area contributed by atoms with E-state index in [0.29, 0.717) is 18.6 Å². The minimum atomic E-state index is 0.0278. The van der Waals surface area contributed by atoms with Crippen LogP contribution in [0.25, 0.3) is 0 Å². The lowest BCUT2D eigenvalue weighted by atomic mass is 9.83. The van der Waals surface area contributed by atoms with Crippen molar-refractivity contribution in [2.45, 2.75) is 51.4 Å². The van der Waals surface area contributed by atoms with Crippen LogP contribution in [0.4, 0.5) is 0 Å². The minimum absolute atomic E-state index is 0.0278. The molecule has 1 rings (SSSR count). The molecule has 0 aromatic heterocycles. The summed E-state index contributed by atoms with van der Waals surface area (Å²) in [4.78, 5) is 0. The summed E-state index contributed by atoms with van der Waals surface area (Å²) in [5, 5.41) is 3.59. The van der Waals surface area contributed by atoms with Gasteiger partial charge in [-0.15, -0.1) is 0 Å². The van der Waals surface area contributed by atoms with Gasteiger partial charge < -0.3 is 20.5 Å². The van der Waals surface area contributed by atoms with E-state index in [1.54, 1.807) is 7.11 Å². The molecular formula is C13H28N2O2. The summed E-state index contributed by atoms with van der Waals surface area (Å²) in [7, 11) is 1.74. The van der Waals surface area contributed by atoms with Crippen molar-refractivity contribution in [2.24, 2.45) is 11.7 Å². The van der Waals surface area contributed by atoms with Crippen LogP contribution in [0.3, 0.4) is 0 Å². The van der Waals surface area contributed by atoms with Gasteiger partial charge in [0.05, 0.1) is 12.2 Å². The van der Waals surface area contributed by atoms with E-state index in [9.17, 15) is 0 Å². The molecule has 4 nitrogen and oxygen atoms in total. The first-order valence-electron chi connectivity index (χ1n) is 6.62. The molecule has 17 heavy (non-hydrogen) atoms. The van der Waals surface area contributed by atoms with E-state index in [1.165, 1.54) is 0 Å². The lowest BCUT2D eigenvalue weighted by molar-refractivity contribution is -0.0517. The van der Waals surface area contributed by atoms with Crippen molar-refractivity contribution in [1.82, 2.24) is 5.32 Å². The minimum Gasteiger partial charge on any atom is -0.380 e. The highest BCUT2D eigenvalue weighted by Crippen LogP contribution is 2.27. The lowest BCUT2D eigenvalue weighted by Gasteiger charge is -2.42. The Morgan fingerprint density at radius 2 is 2.18 bits per heavy atom. The summed E-state index contributed by atoms with van der Waals surface area (Å²) in [5.74, 6) is 0.544. The van der Waals surface area contributed by atoms with E-state index in [4.69, 9.17) is 15.2 Å². The van der Waals surface area contributed by atoms with Gasteiger partial charge >= 0.3 is 0 Å². The Kier molecular flexibility index (Phi) is 5.86. The average molecular weight is 244 g/mol. The number of methoxy groups -OCH3 is 1. The zero-order valence-electron chi connectivity index (χ0n) is 11.7. The van der Waals surface area contributed by atoms with Crippen LogP contribution in [-0.2, 0) is 9.47 Å². The molecule has 0 radical (unpaired) electrons. The summed E-state index contributed by atoms with van der Waals surface area (Å²) in [6.45, 7) is 8.78. The Morgan fingerprint density at radius 3 is 2.71 bits per heavy atom. The van der Waals surface area contributed by atoms with Gasteiger partial charge in [0.1, 0.15) is 0 Å². The van der Waals surface area contributed by atoms with Crippen molar-refractivity contribution < 1.29 is 9.47 Å². The second-order valence-electron chi connectivity index (χ2n) is 5.52. The van der Waals surface area contributed by atoms with Crippen molar-refractivity contribution in [2.75, 3.05) is 26.8 Å². The van der Waals surface area contributed by atoms with E-state index in [-0.39, 0.29) is 11.6 Å². The zero-order chi connectivity index (χ0) is 12.9. The van der Waals surface area contributed by atoms with Gasteiger partial charge in [-0.1, -0.05) is 13.8 Å². The molecule has 1 aliphatic rings. The van der Waals surface area contributed by atoms with Crippen molar-refractivity contribution in [1.29, 1.82) is 0 Å². The molecule has 1 heterocycles. The molecular weight excluding hydrogens is 216 g/mol. The number of nitrogens with two attached hydrogens (primary N) is 1. The standard InChI is InChI=1S/C13H28N2O2/c1-10(2)12-7-13(9-14,5-6-17-12)15-8-11(3)16-4/h10-12,15H,5-9,14H2,1-4H3. The highest BCUT2D eigenvalue weighted by Gasteiger charge is 2.36. The molecule has 1 fully saturated rings. The maximum absolute atomic E-state index is 5.97. The Balaban J connectivity index is 2.54. The quantitative estimate of drug-likeness (QED) is 0.736. The topological polar surface area (TPSA) is 56.5 Å². The van der Waals surface area contributed by atoms with E-state index < -0.39 is 0 Å². The van der Waals surface area contributed by atoms with E-state index >= 15 is 0 Å². The van der Waals surface area contributed by atoms with Crippen LogP contribution in [0.15, 0.2) is 0 Å². The second-order valence-corrected chi connectivity index (χ2v) is 5.52. The number of ether oxygens (including phenoxy) is 2. The van der Waals surface area contributed by atoms with Gasteiger partial charge in [-0.3, -0.25) is 0 Å². The SMILES string of the molecule is COC(C)CNC1(CN)CCOC(C(C)C)C1. The van der Waals surface area contributed by atoms with E-state index in [0.717, 1.165) is 26.0 Å². The summed E-state index contributed by atoms with van der Waals surface area (Å²) in [5.41, 5.74) is 6.00. The molecule has 0 spiro atoms. The van der Waals surface area contributed by atoms with Gasteiger partial charge in [-0.2, -0.15) is 0 Å². The molecule has 1 saturated heterocycles. The van der Waals surface area contributed by atoms with Gasteiger partial charge in [-0.25, -0.2) is 0 Å². The molecule has 3 atom stereocenters. The first-order valence-corrected chi connectivity index (χ1v) is 6.62. The Hall–Kier alpha value is -0.160. The highest BCUT2D eigenvalue weighted by molar-refractivity contribution is 4.95. The van der Waals surface area contributed by atoms with Crippen LogP contribution < -0.4 is 11.1 Å². The average Bonchev–Trinajstić information content (AvgIpc) is 2.36. The molecule has 102 valence electrons. The first kappa shape index (κ1) is 14.9. The summed E-state index contributed by atoms with van der Waals surface area (Å²) >= 11 is 0. The Morgan fingerprint density at radius 1 is 1.47 bits per heavy atom. The predicted octanol–water partition coefficient (Wildman–Crippen LogP) is 1.14. The van der Waals surface area contributed by atoms with Crippen molar-refractivity contribution >= 4 is 0 Å². The summed E-state index contributed by atoms with van der Waals surface area (Å²) < 4.78 is 11.1. The number of hydrogen-bond acceptors (Lipinski definition) is 4. The van der Waals surface area contributed by atoms with Gasteiger partial charge in [-0.05, 0) is 25.7 Å². The normalized spacial score (nSPS) is 31.8. The second kappa shape index (κ2) is 6.69. The third kappa shape index (κ3) is 4.21. The fraction of sp³-hybridized carbons (Fsp3) is 1.00. The predicted molar refractivity (Wildman–Crippen MR) is 70.1 cm³/mol. The van der Waals surface area contributed by atoms with Crippen molar-refractivity contribution in [3.8, 4) is 0 Å². The summed E-state index contributed by atoms with van der Waals surface area (Å²) in [6, 6.07) is 0. The van der Waals surface area contributed by atoms with E-state index in [2.05, 4.69) is 26.1 Å². The van der Waals surface area contributed by atoms with Crippen LogP contribution in [0, 0.1) is 5.92 Å². The van der Waals surface area contributed by atoms with E-state index in [1.807, 2.05) is 0 Å². The van der Waals surface area contributed by atoms with Gasteiger partial charge in [0.25, 0.3) is 0 Å². The van der Waals surface area contributed by atoms with Crippen LogP contribution in [-0.4, -0.2) is 44.6 Å². The number of hydrogen-bond donors (Lipinski definition) is 2. The molecule has 0 aromatic carbocycles. The molecule has 1 aliphatic heterocycles. The third-order valence-electron chi connectivity index (χ3n) is 3.81. The van der Waals surface area contributed by atoms with Gasteiger partial charge in [0.15, 0.2) is 0 Å². The Bertz CT molecular complexity index is 223. The van der Waals surface area contributed by atoms with Crippen LogP contribution in [0.2, 0.25) is 0 Å². The first-order chi connectivity index (χ1) is 8.03. The molecule has 0 amide bonds. The molecule has 3 N–H and O–H groups in total. The molecule has 0 aliphatic carbocycles. The van der Waals surface area contributed by atoms with Crippen LogP contribution in [0.1, 0.15) is 33.6 Å². The van der Waals surface area contributed by atoms with Gasteiger partial charge in [0.2, 0.25) is 0 Å². The van der Waals surface area contributed by atoms with Crippen molar-refractivity contribution in [3.05, 3.63) is 0 Å². The third-order valence-corrected chi connectivity index (χ3v) is 3.81. The highest BCUT2D eigenvalue weighted by atomic mass is 16.5. The lowest BCUT2D eigenvalue weighted by Crippen LogP contribution is -2.58. The maximum Gasteiger partial charge on any atom is 0.0667 e. The molecule has 0 saturated carbocycles.